The number of carbonyl (C=O) groups is 1. The Hall–Kier alpha value is -1.31. The van der Waals surface area contributed by atoms with Crippen molar-refractivity contribution in [2.75, 3.05) is 0 Å². The summed E-state index contributed by atoms with van der Waals surface area (Å²) in [6, 6.07) is 3.55. The molecule has 0 amide bonds. The second-order valence-electron chi connectivity index (χ2n) is 3.46. The molecule has 0 spiro atoms. The third-order valence-electron chi connectivity index (χ3n) is 2.67. The third-order valence-corrected chi connectivity index (χ3v) is 2.67. The van der Waals surface area contributed by atoms with Crippen molar-refractivity contribution in [1.29, 1.82) is 0 Å². The molecule has 1 N–H and O–H groups in total. The predicted molar refractivity (Wildman–Crippen MR) is 50.1 cm³/mol. The molecule has 1 aliphatic rings. The predicted octanol–water partition coefficient (Wildman–Crippen LogP) is 2.08. The summed E-state index contributed by atoms with van der Waals surface area (Å²) in [5.74, 6) is 0.121. The summed E-state index contributed by atoms with van der Waals surface area (Å²) in [5, 5.41) is 9.44. The van der Waals surface area contributed by atoms with Gasteiger partial charge in [-0.1, -0.05) is 6.07 Å². The van der Waals surface area contributed by atoms with Gasteiger partial charge in [-0.05, 0) is 42.9 Å². The molecule has 0 radical (unpaired) electrons. The number of aryl methyl sites for hydroxylation is 1. The first-order chi connectivity index (χ1) is 6.33. The van der Waals surface area contributed by atoms with Crippen LogP contribution in [0.1, 0.15) is 34.3 Å². The van der Waals surface area contributed by atoms with Gasteiger partial charge in [0.15, 0.2) is 6.29 Å². The highest BCUT2D eigenvalue weighted by molar-refractivity contribution is 5.82. The molecular weight excluding hydrogens is 164 g/mol. The van der Waals surface area contributed by atoms with Gasteiger partial charge in [-0.25, -0.2) is 0 Å². The molecule has 0 unspecified atom stereocenters. The highest BCUT2D eigenvalue weighted by atomic mass is 16.3. The van der Waals surface area contributed by atoms with Crippen LogP contribution in [0.4, 0.5) is 0 Å². The van der Waals surface area contributed by atoms with E-state index in [1.54, 1.807) is 6.07 Å². The quantitative estimate of drug-likeness (QED) is 0.665. The Morgan fingerprint density at radius 1 is 1.23 bits per heavy atom. The van der Waals surface area contributed by atoms with E-state index < -0.39 is 0 Å². The van der Waals surface area contributed by atoms with E-state index in [2.05, 4.69) is 0 Å². The molecule has 0 saturated carbocycles. The van der Waals surface area contributed by atoms with E-state index >= 15 is 0 Å². The Kier molecular flexibility index (Phi) is 2.05. The number of fused-ring (bicyclic) bond motifs is 1. The smallest absolute Gasteiger partial charge is 0.154 e. The molecule has 0 atom stereocenters. The van der Waals surface area contributed by atoms with Gasteiger partial charge < -0.3 is 5.11 Å². The molecule has 68 valence electrons. The average Bonchev–Trinajstić information content (AvgIpc) is 2.18. The highest BCUT2D eigenvalue weighted by Gasteiger charge is 2.15. The second-order valence-corrected chi connectivity index (χ2v) is 3.46. The van der Waals surface area contributed by atoms with Crippen LogP contribution in [0, 0.1) is 0 Å². The topological polar surface area (TPSA) is 37.3 Å². The van der Waals surface area contributed by atoms with Crippen molar-refractivity contribution in [3.63, 3.8) is 0 Å². The fourth-order valence-corrected chi connectivity index (χ4v) is 1.98. The zero-order valence-electron chi connectivity index (χ0n) is 7.42. The lowest BCUT2D eigenvalue weighted by atomic mass is 9.88. The van der Waals surface area contributed by atoms with Gasteiger partial charge in [-0.2, -0.15) is 0 Å². The van der Waals surface area contributed by atoms with Crippen molar-refractivity contribution >= 4 is 6.29 Å². The van der Waals surface area contributed by atoms with Gasteiger partial charge in [-0.15, -0.1) is 0 Å². The number of carbonyl (C=O) groups excluding carboxylic acids is 1. The zero-order chi connectivity index (χ0) is 9.26. The van der Waals surface area contributed by atoms with Crippen molar-refractivity contribution in [2.24, 2.45) is 0 Å². The standard InChI is InChI=1S/C11H12O2/c12-7-10-9-4-2-1-3-8(9)5-6-11(10)13/h5-7,13H,1-4H2. The summed E-state index contributed by atoms with van der Waals surface area (Å²) in [6.45, 7) is 0. The minimum absolute atomic E-state index is 0.121. The molecule has 0 fully saturated rings. The van der Waals surface area contributed by atoms with Crippen molar-refractivity contribution < 1.29 is 9.90 Å². The first kappa shape index (κ1) is 8.30. The summed E-state index contributed by atoms with van der Waals surface area (Å²) in [6.07, 6.45) is 5.04. The first-order valence-electron chi connectivity index (χ1n) is 4.62. The molecule has 2 nitrogen and oxygen atoms in total. The first-order valence-corrected chi connectivity index (χ1v) is 4.62. The maximum absolute atomic E-state index is 10.7. The van der Waals surface area contributed by atoms with Crippen molar-refractivity contribution in [3.05, 3.63) is 28.8 Å². The monoisotopic (exact) mass is 176 g/mol. The molecular formula is C11H12O2. The molecule has 2 rings (SSSR count). The molecule has 0 bridgehead atoms. The summed E-state index contributed by atoms with van der Waals surface area (Å²) >= 11 is 0. The van der Waals surface area contributed by atoms with Gasteiger partial charge in [0.05, 0.1) is 5.56 Å². The van der Waals surface area contributed by atoms with E-state index in [1.807, 2.05) is 6.07 Å². The van der Waals surface area contributed by atoms with Crippen LogP contribution in [0.3, 0.4) is 0 Å². The van der Waals surface area contributed by atoms with Crippen LogP contribution in [-0.2, 0) is 12.8 Å². The van der Waals surface area contributed by atoms with E-state index in [-0.39, 0.29) is 5.75 Å². The van der Waals surface area contributed by atoms with Crippen LogP contribution in [-0.4, -0.2) is 11.4 Å². The van der Waals surface area contributed by atoms with Crippen LogP contribution < -0.4 is 0 Å². The fraction of sp³-hybridized carbons (Fsp3) is 0.364. The molecule has 0 heterocycles. The molecule has 0 aromatic heterocycles. The lowest BCUT2D eigenvalue weighted by Gasteiger charge is -2.17. The van der Waals surface area contributed by atoms with E-state index in [0.29, 0.717) is 5.56 Å². The van der Waals surface area contributed by atoms with Crippen LogP contribution in [0.15, 0.2) is 12.1 Å². The Labute approximate surface area is 77.2 Å². The number of hydrogen-bond donors (Lipinski definition) is 1. The maximum Gasteiger partial charge on any atom is 0.154 e. The van der Waals surface area contributed by atoms with E-state index in [4.69, 9.17) is 0 Å². The van der Waals surface area contributed by atoms with Crippen molar-refractivity contribution in [1.82, 2.24) is 0 Å². The number of phenols is 1. The minimum atomic E-state index is 0.121. The Morgan fingerprint density at radius 2 is 2.00 bits per heavy atom. The van der Waals surface area contributed by atoms with Gasteiger partial charge in [0.1, 0.15) is 5.75 Å². The van der Waals surface area contributed by atoms with Gasteiger partial charge in [-0.3, -0.25) is 4.79 Å². The molecule has 1 aliphatic carbocycles. The number of rotatable bonds is 1. The average molecular weight is 176 g/mol. The van der Waals surface area contributed by atoms with Gasteiger partial charge in [0.25, 0.3) is 0 Å². The summed E-state index contributed by atoms with van der Waals surface area (Å²) < 4.78 is 0. The normalized spacial score (nSPS) is 15.1. The third kappa shape index (κ3) is 1.32. The summed E-state index contributed by atoms with van der Waals surface area (Å²) in [5.41, 5.74) is 2.78. The molecule has 0 aliphatic heterocycles. The number of benzene rings is 1. The number of hydrogen-bond acceptors (Lipinski definition) is 2. The second kappa shape index (κ2) is 3.21. The number of phenolic OH excluding ortho intramolecular Hbond substituents is 1. The van der Waals surface area contributed by atoms with E-state index in [0.717, 1.165) is 31.1 Å². The lowest BCUT2D eigenvalue weighted by molar-refractivity contribution is 0.112. The molecule has 1 aromatic carbocycles. The van der Waals surface area contributed by atoms with Gasteiger partial charge >= 0.3 is 0 Å². The lowest BCUT2D eigenvalue weighted by Crippen LogP contribution is -2.05. The van der Waals surface area contributed by atoms with E-state index in [9.17, 15) is 9.90 Å². The largest absolute Gasteiger partial charge is 0.507 e. The van der Waals surface area contributed by atoms with Crippen molar-refractivity contribution in [2.45, 2.75) is 25.7 Å². The summed E-state index contributed by atoms with van der Waals surface area (Å²) in [4.78, 5) is 10.7. The van der Waals surface area contributed by atoms with Crippen LogP contribution >= 0.6 is 0 Å². The Balaban J connectivity index is 2.58. The highest BCUT2D eigenvalue weighted by Crippen LogP contribution is 2.28. The van der Waals surface area contributed by atoms with Gasteiger partial charge in [0.2, 0.25) is 0 Å². The van der Waals surface area contributed by atoms with E-state index in [1.165, 1.54) is 12.0 Å². The fourth-order valence-electron chi connectivity index (χ4n) is 1.98. The molecule has 13 heavy (non-hydrogen) atoms. The van der Waals surface area contributed by atoms with Gasteiger partial charge in [0, 0.05) is 0 Å². The molecule has 0 saturated heterocycles. The van der Waals surface area contributed by atoms with Crippen LogP contribution in [0.25, 0.3) is 0 Å². The zero-order valence-corrected chi connectivity index (χ0v) is 7.42. The Morgan fingerprint density at radius 3 is 2.77 bits per heavy atom. The number of aromatic hydroxyl groups is 1. The SMILES string of the molecule is O=Cc1c(O)ccc2c1CCCC2. The minimum Gasteiger partial charge on any atom is -0.507 e. The maximum atomic E-state index is 10.7. The number of aldehydes is 1. The Bertz CT molecular complexity index is 342. The molecule has 2 heteroatoms. The van der Waals surface area contributed by atoms with Crippen LogP contribution in [0.2, 0.25) is 0 Å². The van der Waals surface area contributed by atoms with Crippen molar-refractivity contribution in [3.8, 4) is 5.75 Å². The summed E-state index contributed by atoms with van der Waals surface area (Å²) in [7, 11) is 0. The van der Waals surface area contributed by atoms with Crippen LogP contribution in [0.5, 0.6) is 5.75 Å². The molecule has 1 aromatic rings.